The number of rotatable bonds is 7. The summed E-state index contributed by atoms with van der Waals surface area (Å²) in [4.78, 5) is 2.02. The average Bonchev–Trinajstić information content (AvgIpc) is 1.99. The number of hydrogen-bond donors (Lipinski definition) is 1. The molecule has 0 rings (SSSR count). The molecule has 0 amide bonds. The third-order valence-corrected chi connectivity index (χ3v) is 3.65. The molecule has 0 saturated carbocycles. The molecule has 0 aliphatic carbocycles. The maximum Gasteiger partial charge on any atom is 0.213 e. The summed E-state index contributed by atoms with van der Waals surface area (Å²) in [5.41, 5.74) is 0. The lowest BCUT2D eigenvalue weighted by molar-refractivity contribution is 0.379. The van der Waals surface area contributed by atoms with Gasteiger partial charge in [0.2, 0.25) is 10.0 Å². The first-order valence-electron chi connectivity index (χ1n) is 4.58. The van der Waals surface area contributed by atoms with E-state index in [-0.39, 0.29) is 17.7 Å². The van der Waals surface area contributed by atoms with Crippen LogP contribution in [0.3, 0.4) is 0 Å². The zero-order chi connectivity index (χ0) is 11.2. The molecule has 0 heterocycles. The van der Waals surface area contributed by atoms with Gasteiger partial charge in [-0.2, -0.15) is 0 Å². The fourth-order valence-corrected chi connectivity index (χ4v) is 2.64. The van der Waals surface area contributed by atoms with Crippen LogP contribution >= 0.6 is 11.6 Å². The van der Waals surface area contributed by atoms with Gasteiger partial charge in [0.25, 0.3) is 0 Å². The first-order chi connectivity index (χ1) is 6.37. The van der Waals surface area contributed by atoms with Gasteiger partial charge in [0, 0.05) is 11.9 Å². The number of alkyl halides is 1. The summed E-state index contributed by atoms with van der Waals surface area (Å²) in [5.74, 6) is 0.122. The average molecular weight is 243 g/mol. The van der Waals surface area contributed by atoms with Gasteiger partial charge in [-0.1, -0.05) is 0 Å². The van der Waals surface area contributed by atoms with E-state index in [2.05, 4.69) is 4.72 Å². The Morgan fingerprint density at radius 2 is 2.00 bits per heavy atom. The Morgan fingerprint density at radius 1 is 1.43 bits per heavy atom. The minimum atomic E-state index is -3.18. The number of nitrogens with one attached hydrogen (secondary N) is 1. The second-order valence-electron chi connectivity index (χ2n) is 3.62. The SMILES string of the molecule is CC(CCN(C)C)NS(=O)(=O)CCCl. The third kappa shape index (κ3) is 7.55. The monoisotopic (exact) mass is 242 g/mol. The second-order valence-corrected chi connectivity index (χ2v) is 5.87. The fourth-order valence-electron chi connectivity index (χ4n) is 0.978. The summed E-state index contributed by atoms with van der Waals surface area (Å²) >= 11 is 5.37. The predicted molar refractivity (Wildman–Crippen MR) is 60.3 cm³/mol. The maximum absolute atomic E-state index is 11.3. The largest absolute Gasteiger partial charge is 0.309 e. The van der Waals surface area contributed by atoms with Crippen LogP contribution in [0.15, 0.2) is 0 Å². The van der Waals surface area contributed by atoms with Crippen molar-refractivity contribution >= 4 is 21.6 Å². The van der Waals surface area contributed by atoms with Gasteiger partial charge < -0.3 is 4.90 Å². The van der Waals surface area contributed by atoms with Crippen LogP contribution < -0.4 is 4.72 Å². The van der Waals surface area contributed by atoms with Gasteiger partial charge in [-0.3, -0.25) is 0 Å². The molecular weight excluding hydrogens is 224 g/mol. The molecule has 0 aromatic carbocycles. The minimum absolute atomic E-state index is 0.0130. The Hall–Kier alpha value is 0.160. The third-order valence-electron chi connectivity index (χ3n) is 1.74. The zero-order valence-electron chi connectivity index (χ0n) is 8.96. The van der Waals surface area contributed by atoms with Crippen LogP contribution in [-0.2, 0) is 10.0 Å². The molecule has 0 spiro atoms. The summed E-state index contributed by atoms with van der Waals surface area (Å²) in [6, 6.07) is -0.0365. The molecule has 0 fully saturated rings. The summed E-state index contributed by atoms with van der Waals surface area (Å²) in [6.45, 7) is 2.72. The highest BCUT2D eigenvalue weighted by Gasteiger charge is 2.13. The first kappa shape index (κ1) is 14.2. The van der Waals surface area contributed by atoms with E-state index in [0.29, 0.717) is 0 Å². The van der Waals surface area contributed by atoms with E-state index in [0.717, 1.165) is 13.0 Å². The fraction of sp³-hybridized carbons (Fsp3) is 1.00. The highest BCUT2D eigenvalue weighted by molar-refractivity contribution is 7.89. The lowest BCUT2D eigenvalue weighted by Crippen LogP contribution is -2.36. The van der Waals surface area contributed by atoms with Crippen molar-refractivity contribution in [2.24, 2.45) is 0 Å². The van der Waals surface area contributed by atoms with Crippen LogP contribution in [0.25, 0.3) is 0 Å². The molecule has 6 heteroatoms. The molecular formula is C8H19ClN2O2S. The Bertz CT molecular complexity index is 242. The molecule has 0 aliphatic heterocycles. The van der Waals surface area contributed by atoms with Crippen molar-refractivity contribution in [3.05, 3.63) is 0 Å². The Balaban J connectivity index is 3.87. The summed E-state index contributed by atoms with van der Waals surface area (Å²) < 4.78 is 25.1. The molecule has 0 radical (unpaired) electrons. The molecule has 0 bridgehead atoms. The lowest BCUT2D eigenvalue weighted by Gasteiger charge is -2.16. The zero-order valence-corrected chi connectivity index (χ0v) is 10.5. The van der Waals surface area contributed by atoms with E-state index in [1.54, 1.807) is 0 Å². The smallest absolute Gasteiger partial charge is 0.213 e. The van der Waals surface area contributed by atoms with E-state index in [1.807, 2.05) is 25.9 Å². The van der Waals surface area contributed by atoms with Gasteiger partial charge in [0.15, 0.2) is 0 Å². The number of sulfonamides is 1. The van der Waals surface area contributed by atoms with Crippen LogP contribution in [0.4, 0.5) is 0 Å². The van der Waals surface area contributed by atoms with Crippen LogP contribution in [0.1, 0.15) is 13.3 Å². The highest BCUT2D eigenvalue weighted by Crippen LogP contribution is 1.96. The molecule has 0 aromatic rings. The van der Waals surface area contributed by atoms with E-state index in [9.17, 15) is 8.42 Å². The molecule has 1 atom stereocenters. The van der Waals surface area contributed by atoms with Crippen LogP contribution in [0.5, 0.6) is 0 Å². The summed E-state index contributed by atoms with van der Waals surface area (Å²) in [7, 11) is 0.737. The molecule has 0 aliphatic rings. The summed E-state index contributed by atoms with van der Waals surface area (Å²) in [6.07, 6.45) is 0.800. The van der Waals surface area contributed by atoms with Gasteiger partial charge in [-0.25, -0.2) is 13.1 Å². The Labute approximate surface area is 91.7 Å². The normalized spacial score (nSPS) is 14.6. The molecule has 0 aromatic heterocycles. The van der Waals surface area contributed by atoms with Crippen molar-refractivity contribution < 1.29 is 8.42 Å². The molecule has 1 N–H and O–H groups in total. The highest BCUT2D eigenvalue weighted by atomic mass is 35.5. The van der Waals surface area contributed by atoms with Crippen molar-refractivity contribution in [3.8, 4) is 0 Å². The Kier molecular flexibility index (Phi) is 6.68. The molecule has 86 valence electrons. The van der Waals surface area contributed by atoms with Crippen LogP contribution in [0, 0.1) is 0 Å². The van der Waals surface area contributed by atoms with E-state index >= 15 is 0 Å². The molecule has 4 nitrogen and oxygen atoms in total. The topological polar surface area (TPSA) is 49.4 Å². The van der Waals surface area contributed by atoms with Crippen molar-refractivity contribution in [1.82, 2.24) is 9.62 Å². The molecule has 0 saturated heterocycles. The number of hydrogen-bond acceptors (Lipinski definition) is 3. The summed E-state index contributed by atoms with van der Waals surface area (Å²) in [5, 5.41) is 0. The molecule has 14 heavy (non-hydrogen) atoms. The maximum atomic E-state index is 11.3. The van der Waals surface area contributed by atoms with Gasteiger partial charge in [-0.05, 0) is 34.0 Å². The van der Waals surface area contributed by atoms with Crippen LogP contribution in [0.2, 0.25) is 0 Å². The van der Waals surface area contributed by atoms with Crippen molar-refractivity contribution in [3.63, 3.8) is 0 Å². The van der Waals surface area contributed by atoms with Gasteiger partial charge in [0.05, 0.1) is 5.75 Å². The molecule has 1 unspecified atom stereocenters. The number of halogens is 1. The van der Waals surface area contributed by atoms with Crippen molar-refractivity contribution in [2.45, 2.75) is 19.4 Å². The van der Waals surface area contributed by atoms with E-state index in [1.165, 1.54) is 0 Å². The van der Waals surface area contributed by atoms with Gasteiger partial charge in [0.1, 0.15) is 0 Å². The van der Waals surface area contributed by atoms with E-state index < -0.39 is 10.0 Å². The van der Waals surface area contributed by atoms with Crippen molar-refractivity contribution in [2.75, 3.05) is 32.3 Å². The lowest BCUT2D eigenvalue weighted by atomic mass is 10.2. The van der Waals surface area contributed by atoms with Crippen molar-refractivity contribution in [1.29, 1.82) is 0 Å². The number of nitrogens with zero attached hydrogens (tertiary/aromatic N) is 1. The first-order valence-corrected chi connectivity index (χ1v) is 6.77. The predicted octanol–water partition coefficient (Wildman–Crippen LogP) is 0.485. The van der Waals surface area contributed by atoms with Gasteiger partial charge in [-0.15, -0.1) is 11.6 Å². The second kappa shape index (κ2) is 6.61. The Morgan fingerprint density at radius 3 is 2.43 bits per heavy atom. The van der Waals surface area contributed by atoms with E-state index in [4.69, 9.17) is 11.6 Å². The van der Waals surface area contributed by atoms with Gasteiger partial charge >= 0.3 is 0 Å². The van der Waals surface area contributed by atoms with Crippen LogP contribution in [-0.4, -0.2) is 51.6 Å². The standard InChI is InChI=1S/C8H19ClN2O2S/c1-8(4-6-11(2)3)10-14(12,13)7-5-9/h8,10H,4-7H2,1-3H3. The quantitative estimate of drug-likeness (QED) is 0.661. The minimum Gasteiger partial charge on any atom is -0.309 e.